The Bertz CT molecular complexity index is 367. The van der Waals surface area contributed by atoms with Crippen LogP contribution in [-0.2, 0) is 14.2 Å². The van der Waals surface area contributed by atoms with Gasteiger partial charge in [-0.25, -0.2) is 0 Å². The fourth-order valence-electron chi connectivity index (χ4n) is 3.80. The summed E-state index contributed by atoms with van der Waals surface area (Å²) in [6.45, 7) is 7.13. The molecule has 27 heavy (non-hydrogen) atoms. The van der Waals surface area contributed by atoms with Crippen LogP contribution in [0.3, 0.4) is 0 Å². The summed E-state index contributed by atoms with van der Waals surface area (Å²) >= 11 is 0. The lowest BCUT2D eigenvalue weighted by molar-refractivity contribution is -0.339. The molecule has 0 radical (unpaired) electrons. The third-order valence-corrected chi connectivity index (χ3v) is 5.43. The molecule has 1 aliphatic rings. The van der Waals surface area contributed by atoms with Crippen molar-refractivity contribution < 1.29 is 29.5 Å². The lowest BCUT2D eigenvalue weighted by Gasteiger charge is -2.51. The van der Waals surface area contributed by atoms with Crippen LogP contribution in [0.4, 0.5) is 0 Å². The van der Waals surface area contributed by atoms with Crippen molar-refractivity contribution in [1.82, 2.24) is 0 Å². The number of ether oxygens (including phenoxy) is 3. The molecule has 0 saturated carbocycles. The van der Waals surface area contributed by atoms with Crippen molar-refractivity contribution in [2.24, 2.45) is 0 Å². The highest BCUT2D eigenvalue weighted by molar-refractivity contribution is 5.04. The molecule has 1 heterocycles. The molecule has 5 atom stereocenters. The summed E-state index contributed by atoms with van der Waals surface area (Å²) in [5.41, 5.74) is -0.942. The van der Waals surface area contributed by atoms with Crippen LogP contribution in [0, 0.1) is 0 Å². The van der Waals surface area contributed by atoms with Gasteiger partial charge in [0.2, 0.25) is 0 Å². The maximum absolute atomic E-state index is 10.6. The van der Waals surface area contributed by atoms with Gasteiger partial charge >= 0.3 is 0 Å². The van der Waals surface area contributed by atoms with Gasteiger partial charge in [-0.05, 0) is 19.3 Å². The van der Waals surface area contributed by atoms with Gasteiger partial charge in [0.15, 0.2) is 6.29 Å². The third kappa shape index (κ3) is 7.26. The van der Waals surface area contributed by atoms with E-state index in [0.29, 0.717) is 19.6 Å². The Balaban J connectivity index is 3.01. The summed E-state index contributed by atoms with van der Waals surface area (Å²) < 4.78 is 18.0. The first kappa shape index (κ1) is 24.8. The van der Waals surface area contributed by atoms with E-state index in [4.69, 9.17) is 14.2 Å². The Labute approximate surface area is 165 Å². The van der Waals surface area contributed by atoms with Gasteiger partial charge in [-0.15, -0.1) is 0 Å². The van der Waals surface area contributed by atoms with Gasteiger partial charge in [-0.2, -0.15) is 0 Å². The number of hydrogen-bond acceptors (Lipinski definition) is 6. The Morgan fingerprint density at radius 1 is 0.852 bits per heavy atom. The predicted octanol–water partition coefficient (Wildman–Crippen LogP) is 3.16. The Morgan fingerprint density at radius 3 is 2.04 bits per heavy atom. The van der Waals surface area contributed by atoms with Crippen LogP contribution in [0.1, 0.15) is 85.0 Å². The number of unbranched alkanes of at least 4 members (excludes halogenated alkanes) is 6. The Morgan fingerprint density at radius 2 is 1.44 bits per heavy atom. The van der Waals surface area contributed by atoms with Gasteiger partial charge in [0, 0.05) is 13.2 Å². The summed E-state index contributed by atoms with van der Waals surface area (Å²) in [5, 5.41) is 30.8. The molecule has 0 aliphatic carbocycles. The van der Waals surface area contributed by atoms with Crippen LogP contribution < -0.4 is 0 Å². The highest BCUT2D eigenvalue weighted by Gasteiger charge is 2.56. The molecule has 0 spiro atoms. The third-order valence-electron chi connectivity index (χ3n) is 5.43. The van der Waals surface area contributed by atoms with Gasteiger partial charge in [0.25, 0.3) is 0 Å². The molecular weight excluding hydrogens is 348 g/mol. The minimum atomic E-state index is -1.38. The topological polar surface area (TPSA) is 88.4 Å². The van der Waals surface area contributed by atoms with Gasteiger partial charge in [-0.1, -0.05) is 65.7 Å². The van der Waals surface area contributed by atoms with E-state index in [9.17, 15) is 15.3 Å². The van der Waals surface area contributed by atoms with E-state index in [0.717, 1.165) is 57.8 Å². The molecule has 0 aromatic carbocycles. The largest absolute Gasteiger partial charge is 0.394 e. The molecule has 1 unspecified atom stereocenters. The van der Waals surface area contributed by atoms with Crippen molar-refractivity contribution in [2.45, 2.75) is 115 Å². The zero-order chi connectivity index (χ0) is 20.1. The standard InChI is InChI=1S/C21H42O6/c1-4-7-10-13-21(26-15-12-9-6-3)17(16-22)27-20(24)18(23)19(21)25-14-11-8-5-2/h17-20,22-24H,4-16H2,1-3H3/t17-,18-,19-,20?,21-/m1/s1. The van der Waals surface area contributed by atoms with Crippen molar-refractivity contribution in [3.63, 3.8) is 0 Å². The fraction of sp³-hybridized carbons (Fsp3) is 1.00. The molecule has 162 valence electrons. The van der Waals surface area contributed by atoms with E-state index in [1.165, 1.54) is 0 Å². The SMILES string of the molecule is CCCCCO[C@@H]1[C@@H](O)C(O)O[C@H](CO)[C@@]1(CCCCC)OCCCCC. The highest BCUT2D eigenvalue weighted by atomic mass is 16.7. The molecule has 1 fully saturated rings. The molecule has 0 aromatic heterocycles. The molecular formula is C21H42O6. The van der Waals surface area contributed by atoms with Gasteiger partial charge < -0.3 is 29.5 Å². The quantitative estimate of drug-likeness (QED) is 0.372. The van der Waals surface area contributed by atoms with E-state index in [2.05, 4.69) is 20.8 Å². The minimum Gasteiger partial charge on any atom is -0.394 e. The van der Waals surface area contributed by atoms with Crippen LogP contribution in [0.2, 0.25) is 0 Å². The second kappa shape index (κ2) is 13.9. The summed E-state index contributed by atoms with van der Waals surface area (Å²) in [4.78, 5) is 0. The smallest absolute Gasteiger partial charge is 0.184 e. The van der Waals surface area contributed by atoms with Crippen molar-refractivity contribution in [3.8, 4) is 0 Å². The second-order valence-corrected chi connectivity index (χ2v) is 7.65. The maximum atomic E-state index is 10.6. The van der Waals surface area contributed by atoms with Crippen LogP contribution in [0.15, 0.2) is 0 Å². The van der Waals surface area contributed by atoms with E-state index in [1.54, 1.807) is 0 Å². The fourth-order valence-corrected chi connectivity index (χ4v) is 3.80. The molecule has 6 heteroatoms. The van der Waals surface area contributed by atoms with Crippen molar-refractivity contribution in [1.29, 1.82) is 0 Å². The first-order valence-corrected chi connectivity index (χ1v) is 10.9. The first-order valence-electron chi connectivity index (χ1n) is 10.9. The number of aliphatic hydroxyl groups is 3. The van der Waals surface area contributed by atoms with Gasteiger partial charge in [0.1, 0.15) is 23.9 Å². The number of rotatable bonds is 15. The van der Waals surface area contributed by atoms with Crippen molar-refractivity contribution in [3.05, 3.63) is 0 Å². The van der Waals surface area contributed by atoms with Crippen LogP contribution in [0.25, 0.3) is 0 Å². The summed E-state index contributed by atoms with van der Waals surface area (Å²) in [6.07, 6.45) is 5.67. The van der Waals surface area contributed by atoms with E-state index in [1.807, 2.05) is 0 Å². The van der Waals surface area contributed by atoms with Crippen LogP contribution in [0.5, 0.6) is 0 Å². The average Bonchev–Trinajstić information content (AvgIpc) is 2.67. The molecule has 1 saturated heterocycles. The van der Waals surface area contributed by atoms with E-state index >= 15 is 0 Å². The normalized spacial score (nSPS) is 31.3. The average molecular weight is 391 g/mol. The number of aliphatic hydroxyl groups excluding tert-OH is 3. The molecule has 6 nitrogen and oxygen atoms in total. The van der Waals surface area contributed by atoms with Gasteiger partial charge in [0.05, 0.1) is 6.61 Å². The summed E-state index contributed by atoms with van der Waals surface area (Å²) in [5.74, 6) is 0. The van der Waals surface area contributed by atoms with E-state index in [-0.39, 0.29) is 6.61 Å². The molecule has 0 aromatic rings. The van der Waals surface area contributed by atoms with Gasteiger partial charge in [-0.3, -0.25) is 0 Å². The summed E-state index contributed by atoms with van der Waals surface area (Å²) in [6, 6.07) is 0. The maximum Gasteiger partial charge on any atom is 0.184 e. The minimum absolute atomic E-state index is 0.279. The lowest BCUT2D eigenvalue weighted by atomic mass is 9.79. The zero-order valence-electron chi connectivity index (χ0n) is 17.6. The zero-order valence-corrected chi connectivity index (χ0v) is 17.6. The Kier molecular flexibility index (Phi) is 12.7. The monoisotopic (exact) mass is 390 g/mol. The second-order valence-electron chi connectivity index (χ2n) is 7.65. The number of hydrogen-bond donors (Lipinski definition) is 3. The highest BCUT2D eigenvalue weighted by Crippen LogP contribution is 2.39. The van der Waals surface area contributed by atoms with Crippen LogP contribution >= 0.6 is 0 Å². The molecule has 0 bridgehead atoms. The Hall–Kier alpha value is -0.240. The van der Waals surface area contributed by atoms with Crippen molar-refractivity contribution in [2.75, 3.05) is 19.8 Å². The first-order chi connectivity index (χ1) is 13.1. The predicted molar refractivity (Wildman–Crippen MR) is 106 cm³/mol. The molecule has 0 amide bonds. The van der Waals surface area contributed by atoms with E-state index < -0.39 is 30.2 Å². The van der Waals surface area contributed by atoms with Crippen LogP contribution in [-0.4, -0.2) is 65.3 Å². The lowest BCUT2D eigenvalue weighted by Crippen LogP contribution is -2.68. The summed E-state index contributed by atoms with van der Waals surface area (Å²) in [7, 11) is 0. The van der Waals surface area contributed by atoms with Crippen molar-refractivity contribution >= 4 is 0 Å². The molecule has 1 aliphatic heterocycles. The molecule has 1 rings (SSSR count). The molecule has 3 N–H and O–H groups in total.